The third-order valence-electron chi connectivity index (χ3n) is 3.22. The molecule has 1 atom stereocenters. The lowest BCUT2D eigenvalue weighted by atomic mass is 10.1. The van der Waals surface area contributed by atoms with Crippen LogP contribution in [0.1, 0.15) is 25.8 Å². The summed E-state index contributed by atoms with van der Waals surface area (Å²) in [5.74, 6) is 2.46. The Hall–Kier alpha value is -1.06. The Morgan fingerprint density at radius 3 is 3.05 bits per heavy atom. The van der Waals surface area contributed by atoms with E-state index in [-0.39, 0.29) is 0 Å². The largest absolute Gasteiger partial charge is 0.310 e. The lowest BCUT2D eigenvalue weighted by molar-refractivity contribution is 0.537. The molecule has 0 aliphatic rings. The minimum atomic E-state index is 0.573. The second-order valence-electron chi connectivity index (χ2n) is 4.80. The molecule has 1 heterocycles. The Bertz CT molecular complexity index is 513. The monoisotopic (exact) mass is 274 g/mol. The Labute approximate surface area is 120 Å². The Morgan fingerprint density at radius 1 is 1.32 bits per heavy atom. The van der Waals surface area contributed by atoms with E-state index in [0.717, 1.165) is 12.1 Å². The molecule has 1 aromatic heterocycles. The number of rotatable bonds is 7. The van der Waals surface area contributed by atoms with Gasteiger partial charge in [-0.1, -0.05) is 19.1 Å². The number of nitrogens with one attached hydrogen (secondary N) is 1. The second kappa shape index (κ2) is 7.51. The van der Waals surface area contributed by atoms with Crippen molar-refractivity contribution in [1.82, 2.24) is 10.3 Å². The molecule has 0 radical (unpaired) electrons. The van der Waals surface area contributed by atoms with E-state index in [1.54, 1.807) is 0 Å². The highest BCUT2D eigenvalue weighted by atomic mass is 32.2. The average molecular weight is 274 g/mol. The molecule has 2 rings (SSSR count). The van der Waals surface area contributed by atoms with Crippen LogP contribution < -0.4 is 5.32 Å². The van der Waals surface area contributed by atoms with Gasteiger partial charge in [-0.2, -0.15) is 11.8 Å². The number of pyridine rings is 1. The van der Waals surface area contributed by atoms with Crippen LogP contribution >= 0.6 is 11.8 Å². The van der Waals surface area contributed by atoms with Crippen LogP contribution in [0.15, 0.2) is 36.5 Å². The first-order chi connectivity index (χ1) is 9.29. The van der Waals surface area contributed by atoms with E-state index in [1.165, 1.54) is 28.9 Å². The van der Waals surface area contributed by atoms with Crippen LogP contribution in [-0.2, 0) is 6.54 Å². The molecule has 0 bridgehead atoms. The maximum absolute atomic E-state index is 4.34. The number of hydrogen-bond donors (Lipinski definition) is 1. The van der Waals surface area contributed by atoms with Gasteiger partial charge in [0.1, 0.15) is 0 Å². The summed E-state index contributed by atoms with van der Waals surface area (Å²) >= 11 is 2.01. The average Bonchev–Trinajstić information content (AvgIpc) is 2.45. The standard InChI is InChI=1S/C16H22N2S/c1-3-19-10-8-13(2)18-12-14-6-7-16-15(11-14)5-4-9-17-16/h4-7,9,11,13,18H,3,8,10,12H2,1-2H3. The van der Waals surface area contributed by atoms with E-state index < -0.39 is 0 Å². The number of thioether (sulfide) groups is 1. The van der Waals surface area contributed by atoms with E-state index in [0.29, 0.717) is 6.04 Å². The molecule has 0 aliphatic carbocycles. The zero-order valence-electron chi connectivity index (χ0n) is 11.7. The number of nitrogens with zero attached hydrogens (tertiary/aromatic N) is 1. The normalized spacial score (nSPS) is 12.7. The van der Waals surface area contributed by atoms with Gasteiger partial charge in [0, 0.05) is 24.2 Å². The molecule has 2 aromatic rings. The number of benzene rings is 1. The highest BCUT2D eigenvalue weighted by Crippen LogP contribution is 2.13. The predicted octanol–water partition coefficient (Wildman–Crippen LogP) is 3.86. The molecule has 0 spiro atoms. The van der Waals surface area contributed by atoms with Crippen molar-refractivity contribution in [2.24, 2.45) is 0 Å². The molecule has 0 fully saturated rings. The maximum atomic E-state index is 4.34. The number of aromatic nitrogens is 1. The van der Waals surface area contributed by atoms with Crippen molar-refractivity contribution in [3.05, 3.63) is 42.1 Å². The van der Waals surface area contributed by atoms with Crippen molar-refractivity contribution < 1.29 is 0 Å². The molecule has 3 heteroatoms. The third kappa shape index (κ3) is 4.51. The fourth-order valence-electron chi connectivity index (χ4n) is 2.03. The Kier molecular flexibility index (Phi) is 5.67. The molecule has 0 amide bonds. The van der Waals surface area contributed by atoms with Crippen LogP contribution in [0.3, 0.4) is 0 Å². The predicted molar refractivity (Wildman–Crippen MR) is 85.7 cm³/mol. The van der Waals surface area contributed by atoms with Crippen LogP contribution in [0.4, 0.5) is 0 Å². The van der Waals surface area contributed by atoms with Gasteiger partial charge in [-0.3, -0.25) is 4.98 Å². The van der Waals surface area contributed by atoms with E-state index in [9.17, 15) is 0 Å². The number of hydrogen-bond acceptors (Lipinski definition) is 3. The molecule has 1 unspecified atom stereocenters. The lowest BCUT2D eigenvalue weighted by Gasteiger charge is -2.13. The fraction of sp³-hybridized carbons (Fsp3) is 0.438. The van der Waals surface area contributed by atoms with Crippen LogP contribution in [0.25, 0.3) is 10.9 Å². The SMILES string of the molecule is CCSCCC(C)NCc1ccc2ncccc2c1. The molecule has 2 nitrogen and oxygen atoms in total. The van der Waals surface area contributed by atoms with Gasteiger partial charge in [-0.25, -0.2) is 0 Å². The van der Waals surface area contributed by atoms with E-state index >= 15 is 0 Å². The second-order valence-corrected chi connectivity index (χ2v) is 6.19. The van der Waals surface area contributed by atoms with Gasteiger partial charge in [0.25, 0.3) is 0 Å². The summed E-state index contributed by atoms with van der Waals surface area (Å²) in [6.45, 7) is 5.41. The molecule has 1 aromatic carbocycles. The van der Waals surface area contributed by atoms with Gasteiger partial charge in [0.05, 0.1) is 5.52 Å². The lowest BCUT2D eigenvalue weighted by Crippen LogP contribution is -2.26. The molecular formula is C16H22N2S. The molecule has 19 heavy (non-hydrogen) atoms. The zero-order valence-corrected chi connectivity index (χ0v) is 12.5. The van der Waals surface area contributed by atoms with Gasteiger partial charge >= 0.3 is 0 Å². The molecule has 0 saturated carbocycles. The minimum Gasteiger partial charge on any atom is -0.310 e. The topological polar surface area (TPSA) is 24.9 Å². The van der Waals surface area contributed by atoms with Gasteiger partial charge in [0.15, 0.2) is 0 Å². The van der Waals surface area contributed by atoms with E-state index in [2.05, 4.69) is 48.4 Å². The smallest absolute Gasteiger partial charge is 0.0702 e. The Morgan fingerprint density at radius 2 is 2.21 bits per heavy atom. The minimum absolute atomic E-state index is 0.573. The van der Waals surface area contributed by atoms with Gasteiger partial charge in [-0.15, -0.1) is 0 Å². The molecule has 102 valence electrons. The first-order valence-corrected chi connectivity index (χ1v) is 8.10. The van der Waals surface area contributed by atoms with Gasteiger partial charge < -0.3 is 5.32 Å². The van der Waals surface area contributed by atoms with Crippen LogP contribution in [0.5, 0.6) is 0 Å². The van der Waals surface area contributed by atoms with Crippen molar-refractivity contribution in [2.45, 2.75) is 32.9 Å². The first-order valence-electron chi connectivity index (χ1n) is 6.94. The van der Waals surface area contributed by atoms with E-state index in [4.69, 9.17) is 0 Å². The number of fused-ring (bicyclic) bond motifs is 1. The highest BCUT2D eigenvalue weighted by Gasteiger charge is 2.02. The third-order valence-corrected chi connectivity index (χ3v) is 4.15. The van der Waals surface area contributed by atoms with Crippen molar-refractivity contribution >= 4 is 22.7 Å². The van der Waals surface area contributed by atoms with Crippen LogP contribution in [0, 0.1) is 0 Å². The van der Waals surface area contributed by atoms with Crippen molar-refractivity contribution in [1.29, 1.82) is 0 Å². The summed E-state index contributed by atoms with van der Waals surface area (Å²) in [6, 6.07) is 11.2. The molecular weight excluding hydrogens is 252 g/mol. The summed E-state index contributed by atoms with van der Waals surface area (Å²) in [6.07, 6.45) is 3.07. The van der Waals surface area contributed by atoms with Crippen molar-refractivity contribution in [3.63, 3.8) is 0 Å². The quantitative estimate of drug-likeness (QED) is 0.776. The van der Waals surface area contributed by atoms with Gasteiger partial charge in [-0.05, 0) is 48.6 Å². The summed E-state index contributed by atoms with van der Waals surface area (Å²) in [7, 11) is 0. The summed E-state index contributed by atoms with van der Waals surface area (Å²) < 4.78 is 0. The fourth-order valence-corrected chi connectivity index (χ4v) is 2.84. The molecule has 0 aliphatic heterocycles. The van der Waals surface area contributed by atoms with Gasteiger partial charge in [0.2, 0.25) is 0 Å². The summed E-state index contributed by atoms with van der Waals surface area (Å²) in [5.41, 5.74) is 2.40. The van der Waals surface area contributed by atoms with Crippen molar-refractivity contribution in [3.8, 4) is 0 Å². The highest BCUT2D eigenvalue weighted by molar-refractivity contribution is 7.99. The summed E-state index contributed by atoms with van der Waals surface area (Å²) in [5, 5.41) is 4.81. The van der Waals surface area contributed by atoms with Crippen molar-refractivity contribution in [2.75, 3.05) is 11.5 Å². The van der Waals surface area contributed by atoms with Crippen LogP contribution in [0.2, 0.25) is 0 Å². The molecule has 0 saturated heterocycles. The zero-order chi connectivity index (χ0) is 13.5. The van der Waals surface area contributed by atoms with Crippen LogP contribution in [-0.4, -0.2) is 22.5 Å². The first kappa shape index (κ1) is 14.4. The summed E-state index contributed by atoms with van der Waals surface area (Å²) in [4.78, 5) is 4.34. The maximum Gasteiger partial charge on any atom is 0.0702 e. The Balaban J connectivity index is 1.87. The van der Waals surface area contributed by atoms with E-state index in [1.807, 2.05) is 24.0 Å². The molecule has 1 N–H and O–H groups in total.